The molecular formula is C25H36N6O2. The van der Waals surface area contributed by atoms with Crippen molar-refractivity contribution in [1.82, 2.24) is 20.4 Å². The van der Waals surface area contributed by atoms with Crippen molar-refractivity contribution >= 4 is 11.1 Å². The van der Waals surface area contributed by atoms with Gasteiger partial charge < -0.3 is 26.4 Å². The molecule has 1 aliphatic heterocycles. The number of fused-ring (bicyclic) bond motifs is 1. The summed E-state index contributed by atoms with van der Waals surface area (Å²) < 4.78 is 5.39. The van der Waals surface area contributed by atoms with E-state index in [9.17, 15) is 5.11 Å². The van der Waals surface area contributed by atoms with E-state index >= 15 is 0 Å². The van der Waals surface area contributed by atoms with Crippen LogP contribution in [0.5, 0.6) is 0 Å². The molecule has 1 aromatic heterocycles. The molecule has 1 aromatic carbocycles. The third kappa shape index (κ3) is 7.02. The highest BCUT2D eigenvalue weighted by atomic mass is 16.5. The fourth-order valence-electron chi connectivity index (χ4n) is 3.83. The van der Waals surface area contributed by atoms with Gasteiger partial charge in [0, 0.05) is 56.3 Å². The molecule has 0 aliphatic carbocycles. The average Bonchev–Trinajstić information content (AvgIpc) is 3.26. The third-order valence-electron chi connectivity index (χ3n) is 5.61. The quantitative estimate of drug-likeness (QED) is 0.405. The summed E-state index contributed by atoms with van der Waals surface area (Å²) in [6.07, 6.45) is 7.77. The zero-order valence-corrected chi connectivity index (χ0v) is 19.8. The smallest absolute Gasteiger partial charge is 0.226 e. The van der Waals surface area contributed by atoms with Gasteiger partial charge in [0.2, 0.25) is 11.7 Å². The predicted molar refractivity (Wildman–Crippen MR) is 131 cm³/mol. The Kier molecular flexibility index (Phi) is 8.82. The molecule has 8 heteroatoms. The zero-order chi connectivity index (χ0) is 23.8. The predicted octanol–water partition coefficient (Wildman–Crippen LogP) is 2.55. The number of aliphatic hydroxyl groups is 1. The van der Waals surface area contributed by atoms with Gasteiger partial charge in [-0.05, 0) is 61.1 Å². The van der Waals surface area contributed by atoms with Crippen molar-refractivity contribution in [1.29, 1.82) is 0 Å². The van der Waals surface area contributed by atoms with Gasteiger partial charge in [0.1, 0.15) is 0 Å². The molecule has 2 aromatic rings. The Bertz CT molecular complexity index is 1020. The number of nitrogens with zero attached hydrogens (tertiary/aromatic N) is 3. The van der Waals surface area contributed by atoms with Gasteiger partial charge in [-0.25, -0.2) is 0 Å². The number of benzene rings is 1. The Morgan fingerprint density at radius 2 is 2.12 bits per heavy atom. The molecule has 1 unspecified atom stereocenters. The van der Waals surface area contributed by atoms with Gasteiger partial charge >= 0.3 is 0 Å². The van der Waals surface area contributed by atoms with Crippen LogP contribution in [-0.4, -0.2) is 45.9 Å². The molecule has 178 valence electrons. The number of aliphatic hydroxyl groups excluding tert-OH is 1. The molecule has 1 atom stereocenters. The summed E-state index contributed by atoms with van der Waals surface area (Å²) in [6, 6.07) is 6.59. The normalized spacial score (nSPS) is 16.6. The number of aromatic nitrogens is 2. The fraction of sp³-hybridized carbons (Fsp3) is 0.440. The van der Waals surface area contributed by atoms with Crippen LogP contribution < -0.4 is 16.8 Å². The van der Waals surface area contributed by atoms with Crippen LogP contribution in [0.15, 0.2) is 46.9 Å². The minimum Gasteiger partial charge on any atom is -0.401 e. The molecule has 1 aliphatic rings. The first-order valence-electron chi connectivity index (χ1n) is 11.5. The Balaban J connectivity index is 1.86. The van der Waals surface area contributed by atoms with E-state index in [0.717, 1.165) is 49.1 Å². The van der Waals surface area contributed by atoms with Crippen LogP contribution in [0.3, 0.4) is 0 Å². The van der Waals surface area contributed by atoms with Crippen LogP contribution in [0.4, 0.5) is 0 Å². The van der Waals surface area contributed by atoms with Crippen LogP contribution >= 0.6 is 0 Å². The number of hydrogen-bond acceptors (Lipinski definition) is 8. The van der Waals surface area contributed by atoms with Gasteiger partial charge in [-0.1, -0.05) is 24.2 Å². The number of nitrogens with two attached hydrogens (primary N) is 2. The van der Waals surface area contributed by atoms with Gasteiger partial charge in [0.25, 0.3) is 0 Å². The van der Waals surface area contributed by atoms with E-state index < -0.39 is 6.10 Å². The van der Waals surface area contributed by atoms with E-state index in [1.165, 1.54) is 11.1 Å². The van der Waals surface area contributed by atoms with Crippen LogP contribution in [0.1, 0.15) is 55.6 Å². The first-order chi connectivity index (χ1) is 15.9. The second kappa shape index (κ2) is 11.8. The highest BCUT2D eigenvalue weighted by Crippen LogP contribution is 2.26. The Labute approximate surface area is 196 Å². The molecule has 0 fully saturated rings. The molecule has 6 N–H and O–H groups in total. The maximum atomic E-state index is 9.93. The zero-order valence-electron chi connectivity index (χ0n) is 19.8. The maximum absolute atomic E-state index is 9.93. The molecule has 0 radical (unpaired) electrons. The summed E-state index contributed by atoms with van der Waals surface area (Å²) in [4.78, 5) is 6.80. The van der Waals surface area contributed by atoms with Gasteiger partial charge in [-0.15, -0.1) is 0 Å². The topological polar surface area (TPSA) is 126 Å². The van der Waals surface area contributed by atoms with E-state index in [4.69, 9.17) is 16.0 Å². The van der Waals surface area contributed by atoms with E-state index in [1.54, 1.807) is 6.20 Å². The molecule has 8 nitrogen and oxygen atoms in total. The minimum absolute atomic E-state index is 0.281. The summed E-state index contributed by atoms with van der Waals surface area (Å²) in [7, 11) is 0. The van der Waals surface area contributed by atoms with Crippen molar-refractivity contribution < 1.29 is 9.63 Å². The highest BCUT2D eigenvalue weighted by Gasteiger charge is 2.19. The summed E-state index contributed by atoms with van der Waals surface area (Å²) in [5.41, 5.74) is 17.7. The van der Waals surface area contributed by atoms with Crippen LogP contribution in [0, 0.1) is 0 Å². The Morgan fingerprint density at radius 3 is 2.85 bits per heavy atom. The van der Waals surface area contributed by atoms with E-state index in [-0.39, 0.29) is 6.54 Å². The molecule has 33 heavy (non-hydrogen) atoms. The minimum atomic E-state index is -0.490. The summed E-state index contributed by atoms with van der Waals surface area (Å²) >= 11 is 0. The summed E-state index contributed by atoms with van der Waals surface area (Å²) in [6.45, 7) is 8.59. The molecule has 0 amide bonds. The Morgan fingerprint density at radius 1 is 1.30 bits per heavy atom. The SMILES string of the molecule is CCCc1nc(C(/C=C(\C)c2ccc3c(c2)CN(CC(O)CN)CC3)=C/N/C=C(/C)N)no1. The molecule has 0 saturated carbocycles. The number of hydrogen-bond donors (Lipinski definition) is 4. The van der Waals surface area contributed by atoms with Crippen molar-refractivity contribution in [3.63, 3.8) is 0 Å². The Hall–Kier alpha value is -2.94. The summed E-state index contributed by atoms with van der Waals surface area (Å²) in [5, 5.41) is 17.2. The maximum Gasteiger partial charge on any atom is 0.226 e. The van der Waals surface area contributed by atoms with Crippen molar-refractivity contribution in [2.75, 3.05) is 19.6 Å². The lowest BCUT2D eigenvalue weighted by atomic mass is 9.94. The summed E-state index contributed by atoms with van der Waals surface area (Å²) in [5.74, 6) is 1.16. The van der Waals surface area contributed by atoms with Crippen molar-refractivity contribution in [3.8, 4) is 0 Å². The molecule has 0 saturated heterocycles. The molecular weight excluding hydrogens is 416 g/mol. The highest BCUT2D eigenvalue weighted by molar-refractivity contribution is 5.81. The number of β-amino-alcohol motifs (C(OH)–C–C–N with tert-alkyl or cyclic N) is 1. The first kappa shape index (κ1) is 24.7. The lowest BCUT2D eigenvalue weighted by Gasteiger charge is -2.30. The number of nitrogens with one attached hydrogen (secondary N) is 1. The van der Waals surface area contributed by atoms with Crippen LogP contribution in [-0.2, 0) is 19.4 Å². The van der Waals surface area contributed by atoms with E-state index in [0.29, 0.717) is 24.0 Å². The van der Waals surface area contributed by atoms with Gasteiger partial charge in [-0.3, -0.25) is 4.90 Å². The monoisotopic (exact) mass is 452 g/mol. The van der Waals surface area contributed by atoms with Crippen molar-refractivity contribution in [3.05, 3.63) is 70.8 Å². The second-order valence-electron chi connectivity index (χ2n) is 8.60. The second-order valence-corrected chi connectivity index (χ2v) is 8.60. The van der Waals surface area contributed by atoms with Gasteiger partial charge in [0.15, 0.2) is 0 Å². The largest absolute Gasteiger partial charge is 0.401 e. The van der Waals surface area contributed by atoms with Crippen LogP contribution in [0.2, 0.25) is 0 Å². The number of allylic oxidation sites excluding steroid dienone is 4. The van der Waals surface area contributed by atoms with Gasteiger partial charge in [-0.2, -0.15) is 4.98 Å². The lowest BCUT2D eigenvalue weighted by molar-refractivity contribution is 0.111. The molecule has 0 spiro atoms. The fourth-order valence-corrected chi connectivity index (χ4v) is 3.83. The number of aryl methyl sites for hydroxylation is 1. The number of rotatable bonds is 10. The van der Waals surface area contributed by atoms with Crippen LogP contribution in [0.25, 0.3) is 11.1 Å². The van der Waals surface area contributed by atoms with E-state index in [1.807, 2.05) is 19.2 Å². The van der Waals surface area contributed by atoms with E-state index in [2.05, 4.69) is 52.4 Å². The molecule has 3 rings (SSSR count). The average molecular weight is 453 g/mol. The lowest BCUT2D eigenvalue weighted by Crippen LogP contribution is -2.39. The van der Waals surface area contributed by atoms with Crippen molar-refractivity contribution in [2.24, 2.45) is 11.5 Å². The molecule has 2 heterocycles. The van der Waals surface area contributed by atoms with Gasteiger partial charge in [0.05, 0.1) is 6.10 Å². The third-order valence-corrected chi connectivity index (χ3v) is 5.61. The molecule has 0 bridgehead atoms. The standard InChI is InChI=1S/C25H36N6O2/c1-4-5-24-29-25(30-33-24)21(14-28-13-18(3)27)10-17(2)20-7-6-19-8-9-31(15-22(19)11-20)16-23(32)12-26/h6-7,10-11,13-14,23,28,32H,4-5,8-9,12,15-16,26-27H2,1-3H3/b17-10+,18-13-,21-14+. The first-order valence-corrected chi connectivity index (χ1v) is 11.5. The van der Waals surface area contributed by atoms with Crippen molar-refractivity contribution in [2.45, 2.75) is 52.7 Å².